The van der Waals surface area contributed by atoms with Crippen molar-refractivity contribution in [3.8, 4) is 0 Å². The molecule has 0 amide bonds. The van der Waals surface area contributed by atoms with Crippen LogP contribution < -0.4 is 5.32 Å². The van der Waals surface area contributed by atoms with Gasteiger partial charge in [-0.3, -0.25) is 4.68 Å². The lowest BCUT2D eigenvalue weighted by molar-refractivity contribution is 0.480. The zero-order chi connectivity index (χ0) is 9.97. The van der Waals surface area contributed by atoms with E-state index in [2.05, 4.69) is 17.3 Å². The number of nitrogens with one attached hydrogen (secondary N) is 1. The van der Waals surface area contributed by atoms with Crippen LogP contribution in [-0.4, -0.2) is 15.8 Å². The van der Waals surface area contributed by atoms with Gasteiger partial charge in [0.05, 0.1) is 0 Å². The molecule has 1 atom stereocenters. The van der Waals surface area contributed by atoms with Crippen LogP contribution in [0.2, 0.25) is 0 Å². The van der Waals surface area contributed by atoms with Crippen LogP contribution in [0, 0.1) is 5.92 Å². The molecule has 1 unspecified atom stereocenters. The molecule has 1 aromatic rings. The molecule has 1 aliphatic rings. The Morgan fingerprint density at radius 3 is 2.79 bits per heavy atom. The second-order valence-corrected chi connectivity index (χ2v) is 4.35. The van der Waals surface area contributed by atoms with Crippen molar-refractivity contribution >= 4 is 5.82 Å². The molecule has 1 N–H and O–H groups in total. The number of anilines is 1. The zero-order valence-electron chi connectivity index (χ0n) is 9.03. The van der Waals surface area contributed by atoms with Crippen LogP contribution in [0.1, 0.15) is 32.6 Å². The highest BCUT2D eigenvalue weighted by molar-refractivity contribution is 5.33. The van der Waals surface area contributed by atoms with Crippen LogP contribution in [0.15, 0.2) is 12.3 Å². The number of hydrogen-bond acceptors (Lipinski definition) is 2. The monoisotopic (exact) mass is 193 g/mol. The third-order valence-corrected chi connectivity index (χ3v) is 3.20. The normalized spacial score (nSPS) is 19.9. The quantitative estimate of drug-likeness (QED) is 0.799. The van der Waals surface area contributed by atoms with E-state index in [1.807, 2.05) is 24.0 Å². The molecule has 0 aliphatic heterocycles. The van der Waals surface area contributed by atoms with Crippen molar-refractivity contribution in [2.75, 3.05) is 5.32 Å². The Hall–Kier alpha value is -0.990. The summed E-state index contributed by atoms with van der Waals surface area (Å²) in [7, 11) is 1.95. The molecule has 3 nitrogen and oxygen atoms in total. The lowest BCUT2D eigenvalue weighted by atomic mass is 10.00. The number of hydrogen-bond donors (Lipinski definition) is 1. The highest BCUT2D eigenvalue weighted by Crippen LogP contribution is 2.28. The molecule has 1 heterocycles. The van der Waals surface area contributed by atoms with Gasteiger partial charge >= 0.3 is 0 Å². The predicted molar refractivity (Wildman–Crippen MR) is 58.3 cm³/mol. The van der Waals surface area contributed by atoms with Gasteiger partial charge in [-0.1, -0.05) is 12.8 Å². The third-order valence-electron chi connectivity index (χ3n) is 3.20. The van der Waals surface area contributed by atoms with Gasteiger partial charge in [0.15, 0.2) is 0 Å². The first-order chi connectivity index (χ1) is 6.75. The summed E-state index contributed by atoms with van der Waals surface area (Å²) >= 11 is 0. The Morgan fingerprint density at radius 1 is 1.50 bits per heavy atom. The molecule has 14 heavy (non-hydrogen) atoms. The zero-order valence-corrected chi connectivity index (χ0v) is 9.03. The third kappa shape index (κ3) is 2.08. The van der Waals surface area contributed by atoms with Gasteiger partial charge in [-0.2, -0.15) is 5.10 Å². The van der Waals surface area contributed by atoms with Gasteiger partial charge in [0.1, 0.15) is 5.82 Å². The minimum Gasteiger partial charge on any atom is -0.366 e. The maximum absolute atomic E-state index is 4.33. The number of rotatable bonds is 3. The average molecular weight is 193 g/mol. The molecule has 0 radical (unpaired) electrons. The molecule has 1 aliphatic carbocycles. The van der Waals surface area contributed by atoms with Crippen molar-refractivity contribution in [3.63, 3.8) is 0 Å². The van der Waals surface area contributed by atoms with Crippen LogP contribution in [0.25, 0.3) is 0 Å². The first kappa shape index (κ1) is 9.56. The summed E-state index contributed by atoms with van der Waals surface area (Å²) in [6, 6.07) is 2.60. The lowest BCUT2D eigenvalue weighted by Gasteiger charge is -2.19. The summed E-state index contributed by atoms with van der Waals surface area (Å²) in [5, 5.41) is 7.80. The highest BCUT2D eigenvalue weighted by Gasteiger charge is 2.21. The molecule has 3 heteroatoms. The van der Waals surface area contributed by atoms with E-state index in [9.17, 15) is 0 Å². The average Bonchev–Trinajstić information content (AvgIpc) is 2.75. The highest BCUT2D eigenvalue weighted by atomic mass is 15.3. The van der Waals surface area contributed by atoms with Crippen molar-refractivity contribution in [3.05, 3.63) is 12.3 Å². The molecule has 0 saturated heterocycles. The molecule has 78 valence electrons. The Bertz CT molecular complexity index is 286. The fourth-order valence-corrected chi connectivity index (χ4v) is 2.30. The molecule has 1 aromatic heterocycles. The van der Waals surface area contributed by atoms with E-state index in [0.29, 0.717) is 6.04 Å². The van der Waals surface area contributed by atoms with Crippen LogP contribution >= 0.6 is 0 Å². The maximum atomic E-state index is 4.33. The Morgan fingerprint density at radius 2 is 2.21 bits per heavy atom. The van der Waals surface area contributed by atoms with Crippen molar-refractivity contribution in [1.82, 2.24) is 9.78 Å². The largest absolute Gasteiger partial charge is 0.366 e. The molecule has 2 rings (SSSR count). The number of aromatic nitrogens is 2. The molecule has 0 aromatic carbocycles. The van der Waals surface area contributed by atoms with Crippen molar-refractivity contribution in [1.29, 1.82) is 0 Å². The van der Waals surface area contributed by atoms with Gasteiger partial charge in [0, 0.05) is 25.4 Å². The van der Waals surface area contributed by atoms with Gasteiger partial charge < -0.3 is 5.32 Å². The minimum atomic E-state index is 0.562. The maximum Gasteiger partial charge on any atom is 0.148 e. The summed E-state index contributed by atoms with van der Waals surface area (Å²) in [5.41, 5.74) is 0. The Labute approximate surface area is 85.5 Å². The fourth-order valence-electron chi connectivity index (χ4n) is 2.30. The van der Waals surface area contributed by atoms with Crippen LogP contribution in [0.3, 0.4) is 0 Å². The molecular formula is C11H19N3. The molecule has 0 bridgehead atoms. The summed E-state index contributed by atoms with van der Waals surface area (Å²) in [6.07, 6.45) is 7.53. The van der Waals surface area contributed by atoms with Crippen molar-refractivity contribution < 1.29 is 0 Å². The number of aryl methyl sites for hydroxylation is 1. The van der Waals surface area contributed by atoms with Gasteiger partial charge in [-0.25, -0.2) is 0 Å². The summed E-state index contributed by atoms with van der Waals surface area (Å²) in [6.45, 7) is 2.27. The van der Waals surface area contributed by atoms with Gasteiger partial charge in [-0.05, 0) is 25.7 Å². The van der Waals surface area contributed by atoms with E-state index in [1.165, 1.54) is 25.7 Å². The fraction of sp³-hybridized carbons (Fsp3) is 0.727. The van der Waals surface area contributed by atoms with Gasteiger partial charge in [-0.15, -0.1) is 0 Å². The van der Waals surface area contributed by atoms with Crippen LogP contribution in [0.4, 0.5) is 5.82 Å². The van der Waals surface area contributed by atoms with Crippen molar-refractivity contribution in [2.45, 2.75) is 38.6 Å². The van der Waals surface area contributed by atoms with Crippen molar-refractivity contribution in [2.24, 2.45) is 13.0 Å². The van der Waals surface area contributed by atoms with E-state index in [4.69, 9.17) is 0 Å². The van der Waals surface area contributed by atoms with Crippen LogP contribution in [-0.2, 0) is 7.05 Å². The number of nitrogens with zero attached hydrogens (tertiary/aromatic N) is 2. The molecule has 0 spiro atoms. The second kappa shape index (κ2) is 4.03. The van der Waals surface area contributed by atoms with E-state index < -0.39 is 0 Å². The SMILES string of the molecule is CC(Nc1ccn(C)n1)C1CCCC1. The summed E-state index contributed by atoms with van der Waals surface area (Å²) < 4.78 is 1.84. The minimum absolute atomic E-state index is 0.562. The predicted octanol–water partition coefficient (Wildman–Crippen LogP) is 2.41. The Kier molecular flexibility index (Phi) is 2.75. The summed E-state index contributed by atoms with van der Waals surface area (Å²) in [4.78, 5) is 0. The molecule has 1 fully saturated rings. The van der Waals surface area contributed by atoms with E-state index in [1.54, 1.807) is 0 Å². The first-order valence-electron chi connectivity index (χ1n) is 5.52. The summed E-state index contributed by atoms with van der Waals surface area (Å²) in [5.74, 6) is 1.85. The molecule has 1 saturated carbocycles. The second-order valence-electron chi connectivity index (χ2n) is 4.35. The standard InChI is InChI=1S/C11H19N3/c1-9(10-5-3-4-6-10)12-11-7-8-14(2)13-11/h7-10H,3-6H2,1-2H3,(H,12,13). The topological polar surface area (TPSA) is 29.9 Å². The van der Waals surface area contributed by atoms with Crippen LogP contribution in [0.5, 0.6) is 0 Å². The first-order valence-corrected chi connectivity index (χ1v) is 5.52. The van der Waals surface area contributed by atoms with Gasteiger partial charge in [0.2, 0.25) is 0 Å². The lowest BCUT2D eigenvalue weighted by Crippen LogP contribution is -2.24. The van der Waals surface area contributed by atoms with E-state index >= 15 is 0 Å². The van der Waals surface area contributed by atoms with E-state index in [0.717, 1.165) is 11.7 Å². The van der Waals surface area contributed by atoms with E-state index in [-0.39, 0.29) is 0 Å². The smallest absolute Gasteiger partial charge is 0.148 e. The Balaban J connectivity index is 1.90. The molecular weight excluding hydrogens is 174 g/mol. The van der Waals surface area contributed by atoms with Gasteiger partial charge in [0.25, 0.3) is 0 Å².